The molecule has 2 aliphatic rings. The number of nitrogens with zero attached hydrogens (tertiary/aromatic N) is 3. The monoisotopic (exact) mass is 520 g/mol. The predicted octanol–water partition coefficient (Wildman–Crippen LogP) is 5.60. The summed E-state index contributed by atoms with van der Waals surface area (Å²) in [5.41, 5.74) is 1.99. The molecule has 38 heavy (non-hydrogen) atoms. The molecule has 2 amide bonds. The van der Waals surface area contributed by atoms with Crippen LogP contribution in [0.15, 0.2) is 73.1 Å². The zero-order valence-corrected chi connectivity index (χ0v) is 20.6. The molecule has 9 heteroatoms. The Morgan fingerprint density at radius 3 is 2.24 bits per heavy atom. The molecule has 2 aromatic heterocycles. The smallest absolute Gasteiger partial charge is 0.357 e. The molecule has 6 rings (SSSR count). The molecule has 1 N–H and O–H groups in total. The van der Waals surface area contributed by atoms with Crippen LogP contribution >= 0.6 is 0 Å². The van der Waals surface area contributed by atoms with Crippen molar-refractivity contribution < 1.29 is 22.8 Å². The molecule has 6 nitrogen and oxygen atoms in total. The Morgan fingerprint density at radius 2 is 1.58 bits per heavy atom. The van der Waals surface area contributed by atoms with Crippen molar-refractivity contribution in [1.82, 2.24) is 19.4 Å². The topological polar surface area (TPSA) is 61.3 Å². The molecule has 0 bridgehead atoms. The molecule has 2 saturated heterocycles. The highest BCUT2D eigenvalue weighted by Crippen LogP contribution is 2.34. The summed E-state index contributed by atoms with van der Waals surface area (Å²) in [6.07, 6.45) is 1.03. The summed E-state index contributed by atoms with van der Waals surface area (Å²) < 4.78 is 40.5. The first-order valence-electron chi connectivity index (χ1n) is 12.8. The Kier molecular flexibility index (Phi) is 6.01. The molecule has 0 atom stereocenters. The zero-order valence-electron chi connectivity index (χ0n) is 20.6. The number of hydrogen-bond acceptors (Lipinski definition) is 2. The normalized spacial score (nSPS) is 17.1. The van der Waals surface area contributed by atoms with Crippen LogP contribution in [0.1, 0.15) is 39.3 Å². The minimum absolute atomic E-state index is 0.00945. The number of rotatable bonds is 4. The number of hydrogen-bond donors (Lipinski definition) is 1. The van der Waals surface area contributed by atoms with Gasteiger partial charge in [0.25, 0.3) is 11.8 Å². The maximum absolute atomic E-state index is 13.2. The van der Waals surface area contributed by atoms with Crippen molar-refractivity contribution in [3.05, 3.63) is 89.9 Å². The minimum atomic E-state index is -4.37. The van der Waals surface area contributed by atoms with Crippen molar-refractivity contribution in [3.63, 3.8) is 0 Å². The standard InChI is InChI=1S/C29H27F3N4O2/c30-29(31,32)23-4-6-24(7-5-23)36-15-11-20-16-21(3-8-26(20)36)27(37)34-13-9-19(10-14-34)22-17-35(18-22)28(38)25-2-1-12-33-25/h1-8,11-12,15-16,19,22,33H,9-10,13-14,17-18H2. The van der Waals surface area contributed by atoms with E-state index in [1.807, 2.05) is 38.6 Å². The SMILES string of the molecule is O=C(c1ccc2c(ccn2-c2ccc(C(F)(F)F)cc2)c1)N1CCC(C2CN(C(=O)c3ccc[nH]3)C2)CC1. The Bertz CT molecular complexity index is 1460. The molecule has 4 aromatic rings. The average Bonchev–Trinajstić information content (AvgIpc) is 3.57. The fraction of sp³-hybridized carbons (Fsp3) is 0.310. The fourth-order valence-corrected chi connectivity index (χ4v) is 5.68. The summed E-state index contributed by atoms with van der Waals surface area (Å²) in [5.74, 6) is 1.02. The van der Waals surface area contributed by atoms with Crippen LogP contribution in [0.2, 0.25) is 0 Å². The zero-order chi connectivity index (χ0) is 26.4. The highest BCUT2D eigenvalue weighted by Gasteiger charge is 2.38. The van der Waals surface area contributed by atoms with Crippen molar-refractivity contribution >= 4 is 22.7 Å². The largest absolute Gasteiger partial charge is 0.416 e. The summed E-state index contributed by atoms with van der Waals surface area (Å²) >= 11 is 0. The lowest BCUT2D eigenvalue weighted by Crippen LogP contribution is -2.54. The second-order valence-electron chi connectivity index (χ2n) is 10.2. The van der Waals surface area contributed by atoms with E-state index in [-0.39, 0.29) is 11.8 Å². The summed E-state index contributed by atoms with van der Waals surface area (Å²) in [4.78, 5) is 32.4. The number of amides is 2. The number of likely N-dealkylation sites (tertiary alicyclic amines) is 2. The first-order valence-corrected chi connectivity index (χ1v) is 12.8. The Morgan fingerprint density at radius 1 is 0.842 bits per heavy atom. The summed E-state index contributed by atoms with van der Waals surface area (Å²) in [6, 6.07) is 16.0. The van der Waals surface area contributed by atoms with Gasteiger partial charge in [0.15, 0.2) is 0 Å². The van der Waals surface area contributed by atoms with Gasteiger partial charge in [-0.15, -0.1) is 0 Å². The second-order valence-corrected chi connectivity index (χ2v) is 10.2. The minimum Gasteiger partial charge on any atom is -0.357 e. The lowest BCUT2D eigenvalue weighted by Gasteiger charge is -2.46. The molecule has 0 radical (unpaired) electrons. The average molecular weight is 521 g/mol. The highest BCUT2D eigenvalue weighted by atomic mass is 19.4. The maximum Gasteiger partial charge on any atom is 0.416 e. The van der Waals surface area contributed by atoms with E-state index in [2.05, 4.69) is 4.98 Å². The van der Waals surface area contributed by atoms with E-state index in [9.17, 15) is 22.8 Å². The molecule has 2 aromatic carbocycles. The molecule has 0 spiro atoms. The van der Waals surface area contributed by atoms with Crippen LogP contribution in [0.3, 0.4) is 0 Å². The maximum atomic E-state index is 13.2. The third-order valence-electron chi connectivity index (χ3n) is 7.93. The number of fused-ring (bicyclic) bond motifs is 1. The van der Waals surface area contributed by atoms with Crippen LogP contribution < -0.4 is 0 Å². The third-order valence-corrected chi connectivity index (χ3v) is 7.93. The molecular formula is C29H27F3N4O2. The molecule has 4 heterocycles. The van der Waals surface area contributed by atoms with Gasteiger partial charge < -0.3 is 19.4 Å². The van der Waals surface area contributed by atoms with E-state index < -0.39 is 11.7 Å². The quantitative estimate of drug-likeness (QED) is 0.381. The number of piperidine rings is 1. The van der Waals surface area contributed by atoms with E-state index in [1.54, 1.807) is 24.5 Å². The number of benzene rings is 2. The van der Waals surface area contributed by atoms with Gasteiger partial charge in [-0.2, -0.15) is 13.2 Å². The summed E-state index contributed by atoms with van der Waals surface area (Å²) in [6.45, 7) is 2.91. The highest BCUT2D eigenvalue weighted by molar-refractivity contribution is 5.98. The van der Waals surface area contributed by atoms with Gasteiger partial charge in [0.05, 0.1) is 11.1 Å². The molecule has 0 saturated carbocycles. The number of H-pyrrole nitrogens is 1. The number of nitrogens with one attached hydrogen (secondary N) is 1. The van der Waals surface area contributed by atoms with Crippen molar-refractivity contribution in [1.29, 1.82) is 0 Å². The molecule has 2 fully saturated rings. The van der Waals surface area contributed by atoms with Crippen molar-refractivity contribution in [2.45, 2.75) is 19.0 Å². The van der Waals surface area contributed by atoms with Crippen molar-refractivity contribution in [2.75, 3.05) is 26.2 Å². The van der Waals surface area contributed by atoms with Gasteiger partial charge in [0.1, 0.15) is 5.69 Å². The van der Waals surface area contributed by atoms with E-state index >= 15 is 0 Å². The Labute approximate surface area is 217 Å². The number of carbonyl (C=O) groups is 2. The molecule has 196 valence electrons. The van der Waals surface area contributed by atoms with Gasteiger partial charge in [-0.25, -0.2) is 0 Å². The Balaban J connectivity index is 1.07. The van der Waals surface area contributed by atoms with E-state index in [4.69, 9.17) is 0 Å². The van der Waals surface area contributed by atoms with Crippen LogP contribution in [0.25, 0.3) is 16.6 Å². The fourth-order valence-electron chi connectivity index (χ4n) is 5.68. The lowest BCUT2D eigenvalue weighted by atomic mass is 9.79. The van der Waals surface area contributed by atoms with Crippen molar-refractivity contribution in [2.24, 2.45) is 11.8 Å². The van der Waals surface area contributed by atoms with Crippen LogP contribution in [-0.2, 0) is 6.18 Å². The summed E-state index contributed by atoms with van der Waals surface area (Å²) in [7, 11) is 0. The van der Waals surface area contributed by atoms with Gasteiger partial charge in [-0.3, -0.25) is 9.59 Å². The number of halogens is 3. The van der Waals surface area contributed by atoms with Gasteiger partial charge in [-0.1, -0.05) is 0 Å². The lowest BCUT2D eigenvalue weighted by molar-refractivity contribution is -0.137. The van der Waals surface area contributed by atoms with Gasteiger partial charge in [0, 0.05) is 55.2 Å². The first-order chi connectivity index (χ1) is 18.3. The third kappa shape index (κ3) is 4.46. The summed E-state index contributed by atoms with van der Waals surface area (Å²) in [5, 5.41) is 0.854. The molecular weight excluding hydrogens is 493 g/mol. The van der Waals surface area contributed by atoms with Gasteiger partial charge >= 0.3 is 6.18 Å². The molecule has 0 aliphatic carbocycles. The Hall–Kier alpha value is -4.01. The van der Waals surface area contributed by atoms with Gasteiger partial charge in [-0.05, 0) is 85.3 Å². The van der Waals surface area contributed by atoms with Gasteiger partial charge in [0.2, 0.25) is 0 Å². The second kappa shape index (κ2) is 9.38. The van der Waals surface area contributed by atoms with Crippen LogP contribution in [0.5, 0.6) is 0 Å². The number of alkyl halides is 3. The van der Waals surface area contributed by atoms with E-state index in [0.717, 1.165) is 49.0 Å². The first kappa shape index (κ1) is 24.3. The number of aromatic amines is 1. The van der Waals surface area contributed by atoms with Crippen molar-refractivity contribution in [3.8, 4) is 5.69 Å². The molecule has 2 aliphatic heterocycles. The van der Waals surface area contributed by atoms with E-state index in [1.165, 1.54) is 12.1 Å². The van der Waals surface area contributed by atoms with Crippen LogP contribution in [-0.4, -0.2) is 57.3 Å². The van der Waals surface area contributed by atoms with Crippen LogP contribution in [0.4, 0.5) is 13.2 Å². The molecule has 0 unspecified atom stereocenters. The van der Waals surface area contributed by atoms with E-state index in [0.29, 0.717) is 41.9 Å². The predicted molar refractivity (Wildman–Crippen MR) is 137 cm³/mol. The number of carbonyl (C=O) groups excluding carboxylic acids is 2. The number of aromatic nitrogens is 2. The van der Waals surface area contributed by atoms with Crippen LogP contribution in [0, 0.1) is 11.8 Å².